The number of nitrogens with zero attached hydrogens (tertiary/aromatic N) is 2. The van der Waals surface area contributed by atoms with E-state index in [1.807, 2.05) is 29.9 Å². The average molecular weight is 343 g/mol. The fraction of sp³-hybridized carbons (Fsp3) is 0.357. The Hall–Kier alpha value is -1.000. The third-order valence-electron chi connectivity index (χ3n) is 2.88. The molecule has 0 aliphatic rings. The van der Waals surface area contributed by atoms with Crippen LogP contribution in [0.5, 0.6) is 0 Å². The Morgan fingerprint density at radius 3 is 2.84 bits per heavy atom. The zero-order valence-electron chi connectivity index (χ0n) is 11.2. The third-order valence-corrected chi connectivity index (χ3v) is 3.81. The molecule has 102 valence electrons. The van der Waals surface area contributed by atoms with Crippen molar-refractivity contribution in [3.05, 3.63) is 45.1 Å². The Morgan fingerprint density at radius 1 is 1.42 bits per heavy atom. The average Bonchev–Trinajstić information content (AvgIpc) is 2.72. The standard InChI is InChI=1S/C14H17BrClN3/c1-9(2)14-10(8-19(3)18-14)7-17-13-6-11(16)4-5-12(13)15/h4-6,8-9,17H,7H2,1-3H3. The van der Waals surface area contributed by atoms with E-state index in [-0.39, 0.29) is 0 Å². The predicted molar refractivity (Wildman–Crippen MR) is 83.8 cm³/mol. The second-order valence-electron chi connectivity index (χ2n) is 4.85. The van der Waals surface area contributed by atoms with Crippen molar-refractivity contribution >= 4 is 33.2 Å². The maximum atomic E-state index is 6.01. The van der Waals surface area contributed by atoms with Gasteiger partial charge in [-0.25, -0.2) is 0 Å². The van der Waals surface area contributed by atoms with Crippen LogP contribution in [0.1, 0.15) is 31.0 Å². The summed E-state index contributed by atoms with van der Waals surface area (Å²) in [5.41, 5.74) is 3.34. The molecule has 0 aliphatic heterocycles. The summed E-state index contributed by atoms with van der Waals surface area (Å²) >= 11 is 9.52. The molecule has 0 atom stereocenters. The Morgan fingerprint density at radius 2 is 2.16 bits per heavy atom. The molecular weight excluding hydrogens is 326 g/mol. The van der Waals surface area contributed by atoms with Crippen LogP contribution in [0, 0.1) is 0 Å². The lowest BCUT2D eigenvalue weighted by Gasteiger charge is -2.10. The number of hydrogen-bond acceptors (Lipinski definition) is 2. The predicted octanol–water partition coefficient (Wildman–Crippen LogP) is 4.57. The molecule has 0 radical (unpaired) electrons. The third kappa shape index (κ3) is 3.51. The summed E-state index contributed by atoms with van der Waals surface area (Å²) in [6, 6.07) is 5.72. The molecule has 0 saturated carbocycles. The monoisotopic (exact) mass is 341 g/mol. The van der Waals surface area contributed by atoms with Gasteiger partial charge in [0.15, 0.2) is 0 Å². The first-order valence-corrected chi connectivity index (χ1v) is 7.36. The summed E-state index contributed by atoms with van der Waals surface area (Å²) < 4.78 is 2.87. The van der Waals surface area contributed by atoms with Crippen LogP contribution in [0.15, 0.2) is 28.9 Å². The second kappa shape index (κ2) is 5.97. The fourth-order valence-electron chi connectivity index (χ4n) is 2.00. The fourth-order valence-corrected chi connectivity index (χ4v) is 2.56. The van der Waals surface area contributed by atoms with Crippen molar-refractivity contribution in [1.29, 1.82) is 0 Å². The van der Waals surface area contributed by atoms with Gasteiger partial charge < -0.3 is 5.32 Å². The van der Waals surface area contributed by atoms with E-state index in [2.05, 4.69) is 46.4 Å². The van der Waals surface area contributed by atoms with Crippen molar-refractivity contribution in [2.75, 3.05) is 5.32 Å². The van der Waals surface area contributed by atoms with Gasteiger partial charge in [-0.15, -0.1) is 0 Å². The molecule has 0 fully saturated rings. The zero-order chi connectivity index (χ0) is 14.0. The van der Waals surface area contributed by atoms with Gasteiger partial charge in [-0.05, 0) is 40.0 Å². The Balaban J connectivity index is 2.16. The molecule has 19 heavy (non-hydrogen) atoms. The van der Waals surface area contributed by atoms with Crippen LogP contribution in [0.2, 0.25) is 5.02 Å². The molecule has 2 rings (SSSR count). The summed E-state index contributed by atoms with van der Waals surface area (Å²) in [5.74, 6) is 0.417. The van der Waals surface area contributed by atoms with Crippen molar-refractivity contribution in [3.63, 3.8) is 0 Å². The lowest BCUT2D eigenvalue weighted by atomic mass is 10.1. The van der Waals surface area contributed by atoms with Crippen molar-refractivity contribution < 1.29 is 0 Å². The molecule has 5 heteroatoms. The van der Waals surface area contributed by atoms with E-state index in [1.54, 1.807) is 0 Å². The molecule has 1 heterocycles. The highest BCUT2D eigenvalue weighted by molar-refractivity contribution is 9.10. The molecule has 1 aromatic carbocycles. The van der Waals surface area contributed by atoms with E-state index in [9.17, 15) is 0 Å². The van der Waals surface area contributed by atoms with Gasteiger partial charge in [-0.1, -0.05) is 25.4 Å². The number of rotatable bonds is 4. The summed E-state index contributed by atoms with van der Waals surface area (Å²) in [7, 11) is 1.95. The largest absolute Gasteiger partial charge is 0.380 e. The molecule has 0 spiro atoms. The van der Waals surface area contributed by atoms with Gasteiger partial charge in [0.25, 0.3) is 0 Å². The number of anilines is 1. The van der Waals surface area contributed by atoms with E-state index in [0.29, 0.717) is 5.92 Å². The van der Waals surface area contributed by atoms with Gasteiger partial charge in [0, 0.05) is 34.8 Å². The van der Waals surface area contributed by atoms with E-state index in [4.69, 9.17) is 11.6 Å². The van der Waals surface area contributed by atoms with E-state index in [0.717, 1.165) is 27.4 Å². The van der Waals surface area contributed by atoms with Crippen LogP contribution in [0.3, 0.4) is 0 Å². The van der Waals surface area contributed by atoms with E-state index in [1.165, 1.54) is 5.56 Å². The van der Waals surface area contributed by atoms with Crippen LogP contribution in [-0.4, -0.2) is 9.78 Å². The number of halogens is 2. The van der Waals surface area contributed by atoms with Gasteiger partial charge in [0.05, 0.1) is 11.4 Å². The quantitative estimate of drug-likeness (QED) is 0.882. The molecule has 3 nitrogen and oxygen atoms in total. The summed E-state index contributed by atoms with van der Waals surface area (Å²) in [4.78, 5) is 0. The topological polar surface area (TPSA) is 29.9 Å². The van der Waals surface area contributed by atoms with Gasteiger partial charge >= 0.3 is 0 Å². The SMILES string of the molecule is CC(C)c1nn(C)cc1CNc1cc(Cl)ccc1Br. The second-order valence-corrected chi connectivity index (χ2v) is 6.14. The number of aromatic nitrogens is 2. The minimum atomic E-state index is 0.417. The molecule has 0 aliphatic carbocycles. The lowest BCUT2D eigenvalue weighted by molar-refractivity contribution is 0.712. The molecule has 0 bridgehead atoms. The van der Waals surface area contributed by atoms with Crippen LogP contribution in [0.25, 0.3) is 0 Å². The van der Waals surface area contributed by atoms with Crippen LogP contribution < -0.4 is 5.32 Å². The van der Waals surface area contributed by atoms with Gasteiger partial charge in [0.2, 0.25) is 0 Å². The van der Waals surface area contributed by atoms with Crippen molar-refractivity contribution in [2.45, 2.75) is 26.3 Å². The van der Waals surface area contributed by atoms with E-state index >= 15 is 0 Å². The number of nitrogens with one attached hydrogen (secondary N) is 1. The molecule has 1 N–H and O–H groups in total. The van der Waals surface area contributed by atoms with Gasteiger partial charge in [-0.2, -0.15) is 5.10 Å². The van der Waals surface area contributed by atoms with Gasteiger partial charge in [0.1, 0.15) is 0 Å². The van der Waals surface area contributed by atoms with Crippen LogP contribution in [-0.2, 0) is 13.6 Å². The first-order valence-electron chi connectivity index (χ1n) is 6.18. The maximum Gasteiger partial charge on any atom is 0.0699 e. The Labute approximate surface area is 127 Å². The molecule has 0 amide bonds. The highest BCUT2D eigenvalue weighted by Gasteiger charge is 2.11. The number of aryl methyl sites for hydroxylation is 1. The molecule has 1 aromatic heterocycles. The minimum Gasteiger partial charge on any atom is -0.380 e. The number of hydrogen-bond donors (Lipinski definition) is 1. The molecular formula is C14H17BrClN3. The summed E-state index contributed by atoms with van der Waals surface area (Å²) in [6.07, 6.45) is 2.06. The highest BCUT2D eigenvalue weighted by atomic mass is 79.9. The maximum absolute atomic E-state index is 6.01. The molecule has 2 aromatic rings. The first kappa shape index (κ1) is 14.4. The normalized spacial score (nSPS) is 11.1. The minimum absolute atomic E-state index is 0.417. The Bertz CT molecular complexity index is 578. The van der Waals surface area contributed by atoms with Crippen molar-refractivity contribution in [2.24, 2.45) is 7.05 Å². The van der Waals surface area contributed by atoms with Crippen molar-refractivity contribution in [1.82, 2.24) is 9.78 Å². The molecule has 0 unspecified atom stereocenters. The van der Waals surface area contributed by atoms with Crippen molar-refractivity contribution in [3.8, 4) is 0 Å². The smallest absolute Gasteiger partial charge is 0.0699 e. The lowest BCUT2D eigenvalue weighted by Crippen LogP contribution is -2.03. The number of benzene rings is 1. The van der Waals surface area contributed by atoms with Crippen LogP contribution >= 0.6 is 27.5 Å². The first-order chi connectivity index (χ1) is 8.97. The molecule has 0 saturated heterocycles. The van der Waals surface area contributed by atoms with Gasteiger partial charge in [-0.3, -0.25) is 4.68 Å². The summed E-state index contributed by atoms with van der Waals surface area (Å²) in [5, 5.41) is 8.62. The summed E-state index contributed by atoms with van der Waals surface area (Å²) in [6.45, 7) is 5.04. The zero-order valence-corrected chi connectivity index (χ0v) is 13.6. The van der Waals surface area contributed by atoms with Crippen LogP contribution in [0.4, 0.5) is 5.69 Å². The Kier molecular flexibility index (Phi) is 4.53. The highest BCUT2D eigenvalue weighted by Crippen LogP contribution is 2.27. The van der Waals surface area contributed by atoms with E-state index < -0.39 is 0 Å².